The summed E-state index contributed by atoms with van der Waals surface area (Å²) in [5.41, 5.74) is 0.957. The van der Waals surface area contributed by atoms with Gasteiger partial charge in [-0.3, -0.25) is 52.7 Å². The third-order valence-corrected chi connectivity index (χ3v) is 15.6. The first kappa shape index (κ1) is 146. The van der Waals surface area contributed by atoms with E-state index in [1.807, 2.05) is 0 Å². The molecule has 4 aromatic carbocycles. The number of carboxylic acid groups (broad SMARTS) is 1. The number of Topliss-reactive ketones (excluding diaryl/α,β-unsaturated/α-hetero) is 1. The first-order valence-corrected chi connectivity index (χ1v) is 41.6. The van der Waals surface area contributed by atoms with Crippen LogP contribution in [0.1, 0.15) is 285 Å². The van der Waals surface area contributed by atoms with Gasteiger partial charge in [0.2, 0.25) is 61.0 Å². The van der Waals surface area contributed by atoms with Gasteiger partial charge >= 0.3 is 113 Å². The first-order valence-electron chi connectivity index (χ1n) is 41.6. The number of hydrogen-bond acceptors (Lipinski definition) is 38. The van der Waals surface area contributed by atoms with Crippen LogP contribution in [0.2, 0.25) is 0 Å². The van der Waals surface area contributed by atoms with Crippen LogP contribution < -0.4 is 0 Å². The highest BCUT2D eigenvalue weighted by atomic mass is 16.7. The minimum Gasteiger partial charge on any atom is -0.478 e. The fraction of sp³-hybridized carbons (Fsp3) is 0.560. The highest BCUT2D eigenvalue weighted by molar-refractivity contribution is 5.94. The number of aliphatic carboxylic acids is 1. The van der Waals surface area contributed by atoms with Gasteiger partial charge in [0.1, 0.15) is 37.6 Å². The molecule has 39 nitrogen and oxygen atoms in total. The van der Waals surface area contributed by atoms with Crippen LogP contribution in [0, 0.1) is 0 Å². The highest BCUT2D eigenvalue weighted by Crippen LogP contribution is 2.23. The van der Waals surface area contributed by atoms with Gasteiger partial charge in [-0.15, -0.1) is 0 Å². The summed E-state index contributed by atoms with van der Waals surface area (Å²) < 4.78 is 90.6. The van der Waals surface area contributed by atoms with Crippen molar-refractivity contribution < 1.29 is 186 Å². The predicted octanol–water partition coefficient (Wildman–Crippen LogP) is 15.3. The molecule has 790 valence electrons. The number of benzene rings is 4. The molecule has 0 saturated carbocycles. The van der Waals surface area contributed by atoms with E-state index in [-0.39, 0.29) is 171 Å². The van der Waals surface area contributed by atoms with Gasteiger partial charge in [-0.2, -0.15) is 0 Å². The van der Waals surface area contributed by atoms with E-state index < -0.39 is 191 Å². The summed E-state index contributed by atoms with van der Waals surface area (Å²) in [6.45, 7) is 28.5. The molecule has 0 aliphatic heterocycles. The van der Waals surface area contributed by atoms with Crippen molar-refractivity contribution in [2.24, 2.45) is 0 Å². The summed E-state index contributed by atoms with van der Waals surface area (Å²) in [6.07, 6.45) is -18.0. The molecule has 0 spiro atoms. The maximum Gasteiger partial charge on any atom is 0.352 e. The maximum atomic E-state index is 12.8. The molecule has 139 heavy (non-hydrogen) atoms. The van der Waals surface area contributed by atoms with Crippen molar-refractivity contribution in [2.75, 3.05) is 13.2 Å². The Balaban J connectivity index is -0.000000187. The van der Waals surface area contributed by atoms with E-state index in [0.29, 0.717) is 22.3 Å². The average molecular weight is 1980 g/mol. The molecule has 0 aliphatic rings. The van der Waals surface area contributed by atoms with E-state index in [4.69, 9.17) is 80.9 Å². The lowest BCUT2D eigenvalue weighted by molar-refractivity contribution is -0.199. The van der Waals surface area contributed by atoms with Crippen LogP contribution in [-0.4, -0.2) is 210 Å². The number of carbonyl (C=O) groups is 20. The molecule has 0 saturated heterocycles. The van der Waals surface area contributed by atoms with Crippen LogP contribution in [0.4, 0.5) is 0 Å². The highest BCUT2D eigenvalue weighted by Gasteiger charge is 2.48. The normalized spacial score (nSPS) is 12.0. The van der Waals surface area contributed by atoms with Crippen LogP contribution in [0.25, 0.3) is 0 Å². The number of hydrogen-bond donors (Lipinski definition) is 1. The predicted molar refractivity (Wildman–Crippen MR) is 511 cm³/mol. The summed E-state index contributed by atoms with van der Waals surface area (Å²) in [6, 6.07) is 35.3. The molecule has 0 amide bonds. The van der Waals surface area contributed by atoms with E-state index in [2.05, 4.69) is 9.47 Å². The Kier molecular flexibility index (Phi) is 83.4. The van der Waals surface area contributed by atoms with Gasteiger partial charge < -0.3 is 90.4 Å². The summed E-state index contributed by atoms with van der Waals surface area (Å²) >= 11 is 0. The van der Waals surface area contributed by atoms with Crippen LogP contribution in [-0.2, 0) is 208 Å². The van der Waals surface area contributed by atoms with Crippen LogP contribution in [0.3, 0.4) is 0 Å². The average Bonchev–Trinajstić information content (AvgIpc) is 0.708. The number of esters is 18. The van der Waals surface area contributed by atoms with Gasteiger partial charge in [0.05, 0.1) is 13.2 Å². The Morgan fingerprint density at radius 3 is 0.504 bits per heavy atom. The molecule has 10 unspecified atom stereocenters. The van der Waals surface area contributed by atoms with Crippen molar-refractivity contribution in [1.82, 2.24) is 0 Å². The molecule has 10 atom stereocenters. The monoisotopic (exact) mass is 1980 g/mol. The van der Waals surface area contributed by atoms with Gasteiger partial charge in [-0.1, -0.05) is 257 Å². The van der Waals surface area contributed by atoms with Crippen LogP contribution >= 0.6 is 0 Å². The van der Waals surface area contributed by atoms with E-state index in [0.717, 1.165) is 6.92 Å². The lowest BCUT2D eigenvalue weighted by atomic mass is 10.1. The largest absolute Gasteiger partial charge is 0.478 e. The van der Waals surface area contributed by atoms with E-state index in [1.54, 1.807) is 177 Å². The Bertz CT molecular complexity index is 3860. The van der Waals surface area contributed by atoms with E-state index >= 15 is 0 Å². The van der Waals surface area contributed by atoms with Crippen molar-refractivity contribution in [3.05, 3.63) is 144 Å². The number of carbonyl (C=O) groups excluding carboxylic acids is 19. The molecular weight excluding hydrogens is 1830 g/mol. The van der Waals surface area contributed by atoms with Gasteiger partial charge in [0, 0.05) is 64.2 Å². The second-order valence-corrected chi connectivity index (χ2v) is 28.5. The van der Waals surface area contributed by atoms with Gasteiger partial charge in [0.25, 0.3) is 0 Å². The van der Waals surface area contributed by atoms with Crippen molar-refractivity contribution in [2.45, 2.75) is 361 Å². The fourth-order valence-electron chi connectivity index (χ4n) is 9.13. The smallest absolute Gasteiger partial charge is 0.352 e. The zero-order chi connectivity index (χ0) is 98.8. The van der Waals surface area contributed by atoms with Crippen LogP contribution in [0.15, 0.2) is 121 Å². The third-order valence-electron chi connectivity index (χ3n) is 15.6. The molecule has 39 heteroatoms. The van der Waals surface area contributed by atoms with Crippen LogP contribution in [0.5, 0.6) is 0 Å². The number of ether oxygens (including phenoxy) is 18. The maximum absolute atomic E-state index is 12.8. The molecule has 0 radical (unpaired) electrons. The standard InChI is InChI=1S/2C24H26O8.C18H30O8.C14H22O8.C11H16O7.9CH4/c2*1-3-19(25)31-21(23(27)29-15-17-11-7-5-8-12-17)22(32-20(26)4-2)24(28)30-16-18-13-9-6-10-14-18;1-9-11(19)23-13(15(21)25-17(3,4)5)14(24-12(20)10-2)16(22)26-18(6,7)8;1-5-9(15)21-11(13(17)19-7-3)12(14(18)20-8-4)22-10(16)6-2;1-4-7(13)17-9(6(3)12)10(11(15)16)18-8(14)5-2;;;;;;;;;/h2*5-14,21-22H,3-4,15-16H2,1-2H3;13-14H,9-10H2,1-8H3;11-12H,5-8H2,1-4H3;9-10H,4-5H2,1-3H3,(H,15,16);9*1H4. The molecule has 0 fully saturated rings. The lowest BCUT2D eigenvalue weighted by Gasteiger charge is -2.29. The topological polar surface area (TPSA) is 528 Å². The molecule has 4 rings (SSSR count). The first-order chi connectivity index (χ1) is 61.3. The van der Waals surface area contributed by atoms with Gasteiger partial charge in [-0.05, 0) is 84.6 Å². The Morgan fingerprint density at radius 1 is 0.223 bits per heavy atom. The number of rotatable bonds is 45. The second kappa shape index (κ2) is 79.5. The molecule has 0 bridgehead atoms. The Hall–Kier alpha value is -13.5. The van der Waals surface area contributed by atoms with Gasteiger partial charge in [0.15, 0.2) is 5.78 Å². The molecule has 1 N–H and O–H groups in total. The molecule has 0 aliphatic carbocycles. The SMILES string of the molecule is C.C.C.C.C.C.C.C.C.CCC(=O)OC(C(=O)OC(C)(C)C)C(OC(=O)CC)C(=O)OC(C)(C)C.CCC(=O)OC(C(=O)OCc1ccccc1)C(OC(=O)CC)C(=O)OCc1ccccc1.CCC(=O)OC(C(=O)OCc1ccccc1)C(OC(=O)CC)C(=O)OCc1ccccc1.CCC(=O)OC(C(C)=O)C(OC(=O)CC)C(=O)O.CCOC(=O)C(OC(=O)CC)C(OC(=O)CC)C(=O)OCC. The van der Waals surface area contributed by atoms with Gasteiger partial charge in [-0.25, -0.2) is 43.2 Å². The zero-order valence-electron chi connectivity index (χ0n) is 76.6. The summed E-state index contributed by atoms with van der Waals surface area (Å²) in [4.78, 5) is 238. The van der Waals surface area contributed by atoms with E-state index in [1.165, 1.54) is 69.2 Å². The Labute approximate surface area is 819 Å². The summed E-state index contributed by atoms with van der Waals surface area (Å²) in [5.74, 6) is -17.9. The second-order valence-electron chi connectivity index (χ2n) is 28.5. The molecule has 0 aromatic heterocycles. The van der Waals surface area contributed by atoms with Crippen molar-refractivity contribution >= 4 is 119 Å². The zero-order valence-corrected chi connectivity index (χ0v) is 76.6. The fourth-order valence-corrected chi connectivity index (χ4v) is 9.13. The van der Waals surface area contributed by atoms with Crippen molar-refractivity contribution in [1.29, 1.82) is 0 Å². The third kappa shape index (κ3) is 61.3. The molecule has 4 aromatic rings. The van der Waals surface area contributed by atoms with Crippen molar-refractivity contribution in [3.63, 3.8) is 0 Å². The molecule has 0 heterocycles. The minimum absolute atomic E-state index is 0. The quantitative estimate of drug-likeness (QED) is 0.0317. The van der Waals surface area contributed by atoms with E-state index in [9.17, 15) is 95.9 Å². The summed E-state index contributed by atoms with van der Waals surface area (Å²) in [7, 11) is 0. The Morgan fingerprint density at radius 2 is 0.367 bits per heavy atom. The lowest BCUT2D eigenvalue weighted by Crippen LogP contribution is -2.50. The summed E-state index contributed by atoms with van der Waals surface area (Å²) in [5, 5.41) is 8.90. The number of ketones is 1. The number of carboxylic acids is 1. The molecular formula is C100H156O39. The minimum atomic E-state index is -1.81. The van der Waals surface area contributed by atoms with Crippen molar-refractivity contribution in [3.8, 4) is 0 Å².